The van der Waals surface area contributed by atoms with Gasteiger partial charge in [0.2, 0.25) is 0 Å². The summed E-state index contributed by atoms with van der Waals surface area (Å²) in [4.78, 5) is -0.215. The first kappa shape index (κ1) is 12.8. The summed E-state index contributed by atoms with van der Waals surface area (Å²) in [6.07, 6.45) is 0. The Morgan fingerprint density at radius 2 is 2.07 bits per heavy atom. The highest BCUT2D eigenvalue weighted by Gasteiger charge is 2.18. The Bertz CT molecular complexity index is 536. The van der Waals surface area contributed by atoms with Crippen molar-refractivity contribution in [3.05, 3.63) is 27.7 Å². The molecule has 7 heteroatoms. The van der Waals surface area contributed by atoms with Gasteiger partial charge in [-0.05, 0) is 17.7 Å². The zero-order valence-electron chi connectivity index (χ0n) is 7.17. The molecular weight excluding hydrogens is 325 g/mol. The molecule has 0 bridgehead atoms. The summed E-state index contributed by atoms with van der Waals surface area (Å²) in [6, 6.07) is 4.43. The highest BCUT2D eigenvalue weighted by molar-refractivity contribution is 9.10. The van der Waals surface area contributed by atoms with E-state index in [0.717, 1.165) is 0 Å². The van der Waals surface area contributed by atoms with Crippen molar-refractivity contribution in [1.82, 2.24) is 0 Å². The van der Waals surface area contributed by atoms with Crippen molar-refractivity contribution >= 4 is 47.3 Å². The second-order valence-corrected chi connectivity index (χ2v) is 6.28. The molecule has 0 heterocycles. The molecule has 0 amide bonds. The van der Waals surface area contributed by atoms with Crippen LogP contribution in [0.25, 0.3) is 0 Å². The molecule has 80 valence electrons. The highest BCUT2D eigenvalue weighted by Crippen LogP contribution is 2.28. The van der Waals surface area contributed by atoms with Crippen LogP contribution in [0.3, 0.4) is 0 Å². The Hall–Kier alpha value is -0.280. The van der Waals surface area contributed by atoms with E-state index in [0.29, 0.717) is 10.0 Å². The van der Waals surface area contributed by atoms with Gasteiger partial charge in [0.25, 0.3) is 9.05 Å². The van der Waals surface area contributed by atoms with E-state index < -0.39 is 9.05 Å². The SMILES string of the molecule is N#Cc1cc(CCl)c(Br)cc1S(=O)(=O)Cl. The number of hydrogen-bond donors (Lipinski definition) is 0. The average Bonchev–Trinajstić information content (AvgIpc) is 2.16. The van der Waals surface area contributed by atoms with Crippen LogP contribution in [0.1, 0.15) is 11.1 Å². The predicted octanol–water partition coefficient (Wildman–Crippen LogP) is 2.99. The van der Waals surface area contributed by atoms with Gasteiger partial charge in [-0.3, -0.25) is 0 Å². The van der Waals surface area contributed by atoms with Crippen LogP contribution in [0.15, 0.2) is 21.5 Å². The van der Waals surface area contributed by atoms with Crippen LogP contribution in [-0.2, 0) is 14.9 Å². The Morgan fingerprint density at radius 3 is 2.47 bits per heavy atom. The maximum absolute atomic E-state index is 11.1. The number of halogens is 3. The molecule has 0 radical (unpaired) electrons. The standard InChI is InChI=1S/C8H4BrCl2NO2S/c9-7-2-8(15(11,13)14)6(4-12)1-5(7)3-10/h1-2H,3H2. The van der Waals surface area contributed by atoms with Gasteiger partial charge in [0.05, 0.1) is 5.56 Å². The summed E-state index contributed by atoms with van der Waals surface area (Å²) >= 11 is 8.75. The van der Waals surface area contributed by atoms with Gasteiger partial charge in [-0.15, -0.1) is 11.6 Å². The fourth-order valence-corrected chi connectivity index (χ4v) is 3.02. The van der Waals surface area contributed by atoms with Crippen molar-refractivity contribution in [2.45, 2.75) is 10.8 Å². The summed E-state index contributed by atoms with van der Waals surface area (Å²) in [5.74, 6) is 0.178. The topological polar surface area (TPSA) is 57.9 Å². The summed E-state index contributed by atoms with van der Waals surface area (Å²) in [7, 11) is 1.26. The summed E-state index contributed by atoms with van der Waals surface area (Å²) in [6.45, 7) is 0. The van der Waals surface area contributed by atoms with E-state index in [-0.39, 0.29) is 16.3 Å². The molecule has 0 aliphatic rings. The Kier molecular flexibility index (Phi) is 4.01. The van der Waals surface area contributed by atoms with Gasteiger partial charge >= 0.3 is 0 Å². The molecule has 1 rings (SSSR count). The van der Waals surface area contributed by atoms with Crippen LogP contribution in [0, 0.1) is 11.3 Å². The van der Waals surface area contributed by atoms with Crippen LogP contribution >= 0.6 is 38.2 Å². The van der Waals surface area contributed by atoms with E-state index in [2.05, 4.69) is 15.9 Å². The molecule has 0 spiro atoms. The lowest BCUT2D eigenvalue weighted by atomic mass is 10.1. The number of benzene rings is 1. The lowest BCUT2D eigenvalue weighted by Crippen LogP contribution is -1.97. The average molecular weight is 329 g/mol. The molecule has 3 nitrogen and oxygen atoms in total. The summed E-state index contributed by atoms with van der Waals surface area (Å²) in [5.41, 5.74) is 0.626. The number of hydrogen-bond acceptors (Lipinski definition) is 3. The van der Waals surface area contributed by atoms with Crippen LogP contribution in [0.5, 0.6) is 0 Å². The van der Waals surface area contributed by atoms with E-state index in [1.807, 2.05) is 0 Å². The van der Waals surface area contributed by atoms with Gasteiger partial charge in [0, 0.05) is 21.0 Å². The fourth-order valence-electron chi connectivity index (χ4n) is 0.991. The molecule has 15 heavy (non-hydrogen) atoms. The third-order valence-corrected chi connectivity index (χ3v) is 4.06. The van der Waals surface area contributed by atoms with E-state index in [1.165, 1.54) is 12.1 Å². The monoisotopic (exact) mass is 327 g/mol. The fraction of sp³-hybridized carbons (Fsp3) is 0.125. The van der Waals surface area contributed by atoms with Crippen LogP contribution in [0.4, 0.5) is 0 Å². The second kappa shape index (κ2) is 4.71. The number of nitrogens with zero attached hydrogens (tertiary/aromatic N) is 1. The first-order valence-corrected chi connectivity index (χ1v) is 7.27. The minimum absolute atomic E-state index is 0.0103. The second-order valence-electron chi connectivity index (χ2n) is 2.62. The van der Waals surface area contributed by atoms with Gasteiger partial charge in [0.15, 0.2) is 0 Å². The normalized spacial score (nSPS) is 11.1. The molecule has 0 aromatic heterocycles. The van der Waals surface area contributed by atoms with Crippen molar-refractivity contribution < 1.29 is 8.42 Å². The molecule has 0 saturated carbocycles. The van der Waals surface area contributed by atoms with Crippen LogP contribution < -0.4 is 0 Å². The third kappa shape index (κ3) is 2.85. The predicted molar refractivity (Wildman–Crippen MR) is 61.5 cm³/mol. The van der Waals surface area contributed by atoms with Gasteiger partial charge in [0.1, 0.15) is 11.0 Å². The maximum Gasteiger partial charge on any atom is 0.262 e. The molecule has 0 unspecified atom stereocenters. The maximum atomic E-state index is 11.1. The quantitative estimate of drug-likeness (QED) is 0.619. The molecule has 1 aromatic rings. The molecule has 0 aliphatic heterocycles. The van der Waals surface area contributed by atoms with Crippen molar-refractivity contribution in [2.75, 3.05) is 0 Å². The lowest BCUT2D eigenvalue weighted by molar-refractivity contribution is 0.609. The summed E-state index contributed by atoms with van der Waals surface area (Å²) in [5, 5.41) is 8.76. The van der Waals surface area contributed by atoms with E-state index in [4.69, 9.17) is 27.5 Å². The van der Waals surface area contributed by atoms with E-state index in [1.54, 1.807) is 6.07 Å². The van der Waals surface area contributed by atoms with Crippen molar-refractivity contribution in [3.63, 3.8) is 0 Å². The Morgan fingerprint density at radius 1 is 1.47 bits per heavy atom. The molecular formula is C8H4BrCl2NO2S. The lowest BCUT2D eigenvalue weighted by Gasteiger charge is -2.04. The first-order valence-electron chi connectivity index (χ1n) is 3.63. The van der Waals surface area contributed by atoms with Crippen molar-refractivity contribution in [2.24, 2.45) is 0 Å². The van der Waals surface area contributed by atoms with E-state index in [9.17, 15) is 8.42 Å². The molecule has 0 atom stereocenters. The van der Waals surface area contributed by atoms with Crippen LogP contribution in [-0.4, -0.2) is 8.42 Å². The molecule has 0 N–H and O–H groups in total. The number of alkyl halides is 1. The highest BCUT2D eigenvalue weighted by atomic mass is 79.9. The molecule has 0 fully saturated rings. The smallest absolute Gasteiger partial charge is 0.207 e. The molecule has 0 saturated heterocycles. The van der Waals surface area contributed by atoms with E-state index >= 15 is 0 Å². The Labute approximate surface area is 105 Å². The zero-order valence-corrected chi connectivity index (χ0v) is 11.1. The van der Waals surface area contributed by atoms with Gasteiger partial charge < -0.3 is 0 Å². The molecule has 1 aromatic carbocycles. The zero-order chi connectivity index (χ0) is 11.6. The van der Waals surface area contributed by atoms with Crippen LogP contribution in [0.2, 0.25) is 0 Å². The Balaban J connectivity index is 3.57. The minimum Gasteiger partial charge on any atom is -0.207 e. The molecule has 0 aliphatic carbocycles. The van der Waals surface area contributed by atoms with Gasteiger partial charge in [-0.25, -0.2) is 8.42 Å². The number of rotatable bonds is 2. The minimum atomic E-state index is -3.92. The van der Waals surface area contributed by atoms with Gasteiger partial charge in [-0.2, -0.15) is 5.26 Å². The van der Waals surface area contributed by atoms with Crippen molar-refractivity contribution in [3.8, 4) is 6.07 Å². The third-order valence-electron chi connectivity index (χ3n) is 1.68. The van der Waals surface area contributed by atoms with Gasteiger partial charge in [-0.1, -0.05) is 15.9 Å². The number of nitriles is 1. The largest absolute Gasteiger partial charge is 0.262 e. The first-order chi connectivity index (χ1) is 6.90. The summed E-state index contributed by atoms with van der Waals surface area (Å²) < 4.78 is 22.8. The van der Waals surface area contributed by atoms with Crippen molar-refractivity contribution in [1.29, 1.82) is 5.26 Å².